The summed E-state index contributed by atoms with van der Waals surface area (Å²) in [7, 11) is 0. The average Bonchev–Trinajstić information content (AvgIpc) is 2.70. The Labute approximate surface area is 180 Å². The highest BCUT2D eigenvalue weighted by atomic mass is 19.1. The third kappa shape index (κ3) is 5.85. The van der Waals surface area contributed by atoms with Gasteiger partial charge in [0.05, 0.1) is 35.1 Å². The second-order valence-electron chi connectivity index (χ2n) is 8.18. The lowest BCUT2D eigenvalue weighted by molar-refractivity contribution is -0.00177. The van der Waals surface area contributed by atoms with E-state index in [1.807, 2.05) is 38.1 Å². The van der Waals surface area contributed by atoms with Gasteiger partial charge < -0.3 is 21.1 Å². The summed E-state index contributed by atoms with van der Waals surface area (Å²) in [6, 6.07) is 9.31. The maximum absolute atomic E-state index is 14.0. The molecule has 0 saturated carbocycles. The smallest absolute Gasteiger partial charge is 0.255 e. The van der Waals surface area contributed by atoms with Gasteiger partial charge in [-0.15, -0.1) is 0 Å². The van der Waals surface area contributed by atoms with Gasteiger partial charge in [-0.3, -0.25) is 4.79 Å². The zero-order valence-corrected chi connectivity index (χ0v) is 18.0. The number of nitrogens with one attached hydrogen (secondary N) is 3. The van der Waals surface area contributed by atoms with Crippen LogP contribution in [0.15, 0.2) is 42.7 Å². The Morgan fingerprint density at radius 2 is 2.00 bits per heavy atom. The quantitative estimate of drug-likeness (QED) is 0.437. The number of aliphatic hydroxyl groups is 1. The Bertz CT molecular complexity index is 1070. The first-order chi connectivity index (χ1) is 14.6. The lowest BCUT2D eigenvalue weighted by Crippen LogP contribution is -2.42. The zero-order valence-electron chi connectivity index (χ0n) is 18.0. The van der Waals surface area contributed by atoms with Crippen LogP contribution in [0.4, 0.5) is 21.6 Å². The van der Waals surface area contributed by atoms with Gasteiger partial charge in [0.2, 0.25) is 0 Å². The summed E-state index contributed by atoms with van der Waals surface area (Å²) in [5, 5.41) is 27.5. The largest absolute Gasteiger partial charge is 0.387 e. The Morgan fingerprint density at radius 3 is 2.71 bits per heavy atom. The van der Waals surface area contributed by atoms with Crippen LogP contribution in [-0.2, 0) is 0 Å². The van der Waals surface area contributed by atoms with E-state index in [-0.39, 0.29) is 18.2 Å². The van der Waals surface area contributed by atoms with Gasteiger partial charge in [-0.1, -0.05) is 0 Å². The van der Waals surface area contributed by atoms with E-state index in [1.54, 1.807) is 12.3 Å². The van der Waals surface area contributed by atoms with Crippen molar-refractivity contribution in [3.63, 3.8) is 0 Å². The summed E-state index contributed by atoms with van der Waals surface area (Å²) in [6.07, 6.45) is 1.47. The molecule has 0 radical (unpaired) electrons. The molecule has 31 heavy (non-hydrogen) atoms. The molecule has 0 spiro atoms. The summed E-state index contributed by atoms with van der Waals surface area (Å²) in [6.45, 7) is 6.31. The van der Waals surface area contributed by atoms with Gasteiger partial charge in [-0.25, -0.2) is 9.37 Å². The summed E-state index contributed by atoms with van der Waals surface area (Å²) in [5.74, 6) is 0.0688. The fourth-order valence-corrected chi connectivity index (χ4v) is 2.88. The molecule has 2 aromatic heterocycles. The number of halogens is 1. The maximum Gasteiger partial charge on any atom is 0.255 e. The van der Waals surface area contributed by atoms with Gasteiger partial charge in [0, 0.05) is 29.4 Å². The second-order valence-corrected chi connectivity index (χ2v) is 8.18. The molecule has 8 nitrogen and oxygen atoms in total. The molecule has 0 unspecified atom stereocenters. The molecule has 0 bridgehead atoms. The van der Waals surface area contributed by atoms with Crippen LogP contribution in [0, 0.1) is 0 Å². The van der Waals surface area contributed by atoms with Gasteiger partial charge in [0.15, 0.2) is 0 Å². The average molecular weight is 426 g/mol. The van der Waals surface area contributed by atoms with Crippen molar-refractivity contribution < 1.29 is 14.3 Å². The van der Waals surface area contributed by atoms with Crippen molar-refractivity contribution >= 4 is 34.0 Å². The Hall–Kier alpha value is -3.33. The third-order valence-electron chi connectivity index (χ3n) is 4.59. The van der Waals surface area contributed by atoms with Crippen LogP contribution in [0.2, 0.25) is 0 Å². The molecule has 2 heterocycles. The summed E-state index contributed by atoms with van der Waals surface area (Å²) in [5.41, 5.74) is 0.911. The summed E-state index contributed by atoms with van der Waals surface area (Å²) in [4.78, 5) is 17.0. The highest BCUT2D eigenvalue weighted by molar-refractivity contribution is 6.00. The van der Waals surface area contributed by atoms with Gasteiger partial charge >= 0.3 is 0 Å². The topological polar surface area (TPSA) is 112 Å². The third-order valence-corrected chi connectivity index (χ3v) is 4.59. The number of aromatic nitrogens is 3. The number of alkyl halides is 1. The normalized spacial score (nSPS) is 12.6. The molecular weight excluding hydrogens is 399 g/mol. The molecule has 0 aliphatic rings. The standard InChI is InChI=1S/C22H27FN6O2/c1-13(2)27-18-10-20(28-15-5-6-17-14(9-15)7-8-26-29-17)24-11-16(18)21(30)25-12-19(23)22(3,4)31/h5-11,13,19,31H,12H2,1-4H3,(H,25,30)(H2,24,27,28)/t19-/m1/s1. The number of hydrogen-bond donors (Lipinski definition) is 4. The van der Waals surface area contributed by atoms with Crippen LogP contribution in [0.5, 0.6) is 0 Å². The molecular formula is C22H27FN6O2. The number of anilines is 3. The van der Waals surface area contributed by atoms with Gasteiger partial charge in [-0.05, 0) is 52.0 Å². The molecule has 0 aliphatic carbocycles. The van der Waals surface area contributed by atoms with Crippen molar-refractivity contribution in [3.8, 4) is 0 Å². The fraction of sp³-hybridized carbons (Fsp3) is 0.364. The number of nitrogens with zero attached hydrogens (tertiary/aromatic N) is 3. The SMILES string of the molecule is CC(C)Nc1cc(Nc2ccc3nnccc3c2)ncc1C(=O)NC[C@@H](F)C(C)(C)O. The molecule has 9 heteroatoms. The Morgan fingerprint density at radius 1 is 1.23 bits per heavy atom. The number of amides is 1. The lowest BCUT2D eigenvalue weighted by Gasteiger charge is -2.23. The van der Waals surface area contributed by atoms with E-state index in [2.05, 4.69) is 31.1 Å². The fourth-order valence-electron chi connectivity index (χ4n) is 2.88. The number of pyridine rings is 1. The highest BCUT2D eigenvalue weighted by Crippen LogP contribution is 2.24. The van der Waals surface area contributed by atoms with E-state index < -0.39 is 17.7 Å². The molecule has 3 rings (SSSR count). The van der Waals surface area contributed by atoms with Crippen LogP contribution in [0.3, 0.4) is 0 Å². The van der Waals surface area contributed by atoms with Crippen molar-refractivity contribution in [2.75, 3.05) is 17.2 Å². The molecule has 1 amide bonds. The predicted octanol–water partition coefficient (Wildman–Crippen LogP) is 3.43. The number of rotatable bonds is 8. The minimum atomic E-state index is -1.59. The van der Waals surface area contributed by atoms with Crippen molar-refractivity contribution in [2.45, 2.75) is 45.5 Å². The first-order valence-electron chi connectivity index (χ1n) is 10.0. The molecule has 0 fully saturated rings. The van der Waals surface area contributed by atoms with Crippen molar-refractivity contribution in [2.24, 2.45) is 0 Å². The molecule has 0 saturated heterocycles. The lowest BCUT2D eigenvalue weighted by atomic mass is 10.0. The maximum atomic E-state index is 14.0. The molecule has 3 aromatic rings. The number of carbonyl (C=O) groups excluding carboxylic acids is 1. The van der Waals surface area contributed by atoms with E-state index in [0.717, 1.165) is 16.6 Å². The van der Waals surface area contributed by atoms with E-state index in [1.165, 1.54) is 20.0 Å². The molecule has 1 aromatic carbocycles. The Kier molecular flexibility index (Phi) is 6.65. The van der Waals surface area contributed by atoms with Gasteiger partial charge in [0.25, 0.3) is 5.91 Å². The second kappa shape index (κ2) is 9.22. The first kappa shape index (κ1) is 22.4. The summed E-state index contributed by atoms with van der Waals surface area (Å²) >= 11 is 0. The first-order valence-corrected chi connectivity index (χ1v) is 10.0. The minimum absolute atomic E-state index is 0.0614. The molecule has 164 valence electrons. The van der Waals surface area contributed by atoms with Gasteiger partial charge in [0.1, 0.15) is 12.0 Å². The number of benzene rings is 1. The van der Waals surface area contributed by atoms with Crippen molar-refractivity contribution in [1.82, 2.24) is 20.5 Å². The van der Waals surface area contributed by atoms with Crippen LogP contribution in [0.1, 0.15) is 38.1 Å². The van der Waals surface area contributed by atoms with Crippen molar-refractivity contribution in [1.29, 1.82) is 0 Å². The summed E-state index contributed by atoms with van der Waals surface area (Å²) < 4.78 is 14.0. The number of hydrogen-bond acceptors (Lipinski definition) is 7. The van der Waals surface area contributed by atoms with Crippen LogP contribution in [-0.4, -0.2) is 50.6 Å². The van der Waals surface area contributed by atoms with E-state index in [9.17, 15) is 14.3 Å². The monoisotopic (exact) mass is 426 g/mol. The van der Waals surface area contributed by atoms with E-state index in [4.69, 9.17) is 0 Å². The Balaban J connectivity index is 1.80. The van der Waals surface area contributed by atoms with Gasteiger partial charge in [-0.2, -0.15) is 10.2 Å². The highest BCUT2D eigenvalue weighted by Gasteiger charge is 2.27. The molecule has 1 atom stereocenters. The van der Waals surface area contributed by atoms with Crippen LogP contribution < -0.4 is 16.0 Å². The van der Waals surface area contributed by atoms with Crippen LogP contribution >= 0.6 is 0 Å². The zero-order chi connectivity index (χ0) is 22.6. The number of fused-ring (bicyclic) bond motifs is 1. The van der Waals surface area contributed by atoms with E-state index in [0.29, 0.717) is 11.5 Å². The van der Waals surface area contributed by atoms with E-state index >= 15 is 0 Å². The number of carbonyl (C=O) groups is 1. The van der Waals surface area contributed by atoms with Crippen LogP contribution in [0.25, 0.3) is 10.9 Å². The molecule has 0 aliphatic heterocycles. The molecule has 4 N–H and O–H groups in total. The minimum Gasteiger partial charge on any atom is -0.387 e. The van der Waals surface area contributed by atoms with Crippen molar-refractivity contribution in [3.05, 3.63) is 48.3 Å². The predicted molar refractivity (Wildman–Crippen MR) is 119 cm³/mol.